The van der Waals surface area contributed by atoms with E-state index in [1.165, 1.54) is 19.3 Å². The van der Waals surface area contributed by atoms with Crippen LogP contribution in [0.15, 0.2) is 0 Å². The molecule has 2 fully saturated rings. The molecule has 1 heterocycles. The minimum atomic E-state index is -0.251. The quantitative estimate of drug-likeness (QED) is 0.712. The number of piperazine rings is 1. The number of carbonyl (C=O) groups excluding carboxylic acids is 1. The van der Waals surface area contributed by atoms with E-state index in [-0.39, 0.29) is 11.9 Å². The fraction of sp³-hybridized carbons (Fsp3) is 0.917. The summed E-state index contributed by atoms with van der Waals surface area (Å²) in [6.45, 7) is 3.45. The van der Waals surface area contributed by atoms with E-state index in [9.17, 15) is 4.79 Å². The van der Waals surface area contributed by atoms with Gasteiger partial charge in [0.15, 0.2) is 0 Å². The summed E-state index contributed by atoms with van der Waals surface area (Å²) in [4.78, 5) is 14.1. The zero-order chi connectivity index (χ0) is 11.4. The lowest BCUT2D eigenvalue weighted by Crippen LogP contribution is -2.54. The van der Waals surface area contributed by atoms with Crippen molar-refractivity contribution in [2.75, 3.05) is 26.2 Å². The van der Waals surface area contributed by atoms with Crippen molar-refractivity contribution in [1.82, 2.24) is 10.2 Å². The van der Waals surface area contributed by atoms with E-state index >= 15 is 0 Å². The first kappa shape index (κ1) is 11.9. The Morgan fingerprint density at radius 3 is 2.44 bits per heavy atom. The number of hydrogen-bond acceptors (Lipinski definition) is 3. The number of rotatable bonds is 2. The highest BCUT2D eigenvalue weighted by Crippen LogP contribution is 2.26. The van der Waals surface area contributed by atoms with E-state index in [0.29, 0.717) is 5.92 Å². The molecule has 0 aromatic carbocycles. The Bertz CT molecular complexity index is 232. The first-order chi connectivity index (χ1) is 7.79. The summed E-state index contributed by atoms with van der Waals surface area (Å²) >= 11 is 0. The molecule has 1 aliphatic heterocycles. The zero-order valence-corrected chi connectivity index (χ0v) is 9.95. The second kappa shape index (κ2) is 5.64. The van der Waals surface area contributed by atoms with Crippen molar-refractivity contribution in [2.45, 2.75) is 38.1 Å². The predicted octanol–water partition coefficient (Wildman–Crippen LogP) is 0.326. The van der Waals surface area contributed by atoms with Crippen LogP contribution in [0.5, 0.6) is 0 Å². The minimum absolute atomic E-state index is 0.174. The molecule has 92 valence electrons. The molecule has 4 heteroatoms. The summed E-state index contributed by atoms with van der Waals surface area (Å²) in [6, 6.07) is -0.251. The van der Waals surface area contributed by atoms with Gasteiger partial charge in [-0.15, -0.1) is 0 Å². The van der Waals surface area contributed by atoms with Gasteiger partial charge in [0.05, 0.1) is 6.04 Å². The largest absolute Gasteiger partial charge is 0.339 e. The van der Waals surface area contributed by atoms with Crippen LogP contribution in [0.3, 0.4) is 0 Å². The summed E-state index contributed by atoms with van der Waals surface area (Å²) in [7, 11) is 0. The molecule has 0 bridgehead atoms. The lowest BCUT2D eigenvalue weighted by molar-refractivity contribution is -0.134. The van der Waals surface area contributed by atoms with Crippen LogP contribution in [0.1, 0.15) is 32.1 Å². The fourth-order valence-corrected chi connectivity index (χ4v) is 2.79. The molecule has 1 unspecified atom stereocenters. The van der Waals surface area contributed by atoms with Crippen molar-refractivity contribution in [3.63, 3.8) is 0 Å². The lowest BCUT2D eigenvalue weighted by atomic mass is 9.83. The van der Waals surface area contributed by atoms with Gasteiger partial charge in [0.25, 0.3) is 0 Å². The Morgan fingerprint density at radius 1 is 1.19 bits per heavy atom. The van der Waals surface area contributed by atoms with Crippen molar-refractivity contribution >= 4 is 5.91 Å². The maximum absolute atomic E-state index is 12.2. The summed E-state index contributed by atoms with van der Waals surface area (Å²) in [5.74, 6) is 0.601. The van der Waals surface area contributed by atoms with Crippen LogP contribution in [0.4, 0.5) is 0 Å². The molecular formula is C12H23N3O. The molecule has 3 N–H and O–H groups in total. The van der Waals surface area contributed by atoms with Gasteiger partial charge in [-0.1, -0.05) is 19.3 Å². The van der Waals surface area contributed by atoms with Crippen molar-refractivity contribution < 1.29 is 4.79 Å². The SMILES string of the molecule is NC(C(=O)N1CCNCC1)C1CCCCC1. The number of nitrogens with two attached hydrogens (primary N) is 1. The van der Waals surface area contributed by atoms with Gasteiger partial charge in [0.1, 0.15) is 0 Å². The van der Waals surface area contributed by atoms with Gasteiger partial charge in [-0.25, -0.2) is 0 Å². The summed E-state index contributed by atoms with van der Waals surface area (Å²) < 4.78 is 0. The standard InChI is InChI=1S/C12H23N3O/c13-11(10-4-2-1-3-5-10)12(16)15-8-6-14-7-9-15/h10-11,14H,1-9,13H2. The highest BCUT2D eigenvalue weighted by Gasteiger charge is 2.29. The van der Waals surface area contributed by atoms with E-state index in [1.807, 2.05) is 4.90 Å². The normalized spacial score (nSPS) is 25.4. The van der Waals surface area contributed by atoms with Crippen molar-refractivity contribution in [3.8, 4) is 0 Å². The summed E-state index contributed by atoms with van der Waals surface area (Å²) in [5, 5.41) is 3.25. The van der Waals surface area contributed by atoms with Crippen LogP contribution in [0.25, 0.3) is 0 Å². The van der Waals surface area contributed by atoms with Crippen LogP contribution in [-0.2, 0) is 4.79 Å². The van der Waals surface area contributed by atoms with Crippen molar-refractivity contribution in [3.05, 3.63) is 0 Å². The Labute approximate surface area is 97.6 Å². The highest BCUT2D eigenvalue weighted by molar-refractivity contribution is 5.82. The van der Waals surface area contributed by atoms with E-state index in [4.69, 9.17) is 5.73 Å². The van der Waals surface area contributed by atoms with Crippen molar-refractivity contribution in [1.29, 1.82) is 0 Å². The topological polar surface area (TPSA) is 58.4 Å². The third-order valence-electron chi connectivity index (χ3n) is 3.87. The first-order valence-electron chi connectivity index (χ1n) is 6.54. The number of amides is 1. The van der Waals surface area contributed by atoms with E-state index < -0.39 is 0 Å². The number of hydrogen-bond donors (Lipinski definition) is 2. The molecule has 2 aliphatic rings. The number of carbonyl (C=O) groups is 1. The monoisotopic (exact) mass is 225 g/mol. The second-order valence-corrected chi connectivity index (χ2v) is 5.00. The third kappa shape index (κ3) is 2.74. The Morgan fingerprint density at radius 2 is 1.81 bits per heavy atom. The van der Waals surface area contributed by atoms with E-state index in [1.54, 1.807) is 0 Å². The van der Waals surface area contributed by atoms with Crippen LogP contribution < -0.4 is 11.1 Å². The molecule has 1 amide bonds. The fourth-order valence-electron chi connectivity index (χ4n) is 2.79. The molecule has 1 saturated carbocycles. The number of nitrogens with zero attached hydrogens (tertiary/aromatic N) is 1. The summed E-state index contributed by atoms with van der Waals surface area (Å²) in [6.07, 6.45) is 6.07. The first-order valence-corrected chi connectivity index (χ1v) is 6.54. The van der Waals surface area contributed by atoms with Gasteiger partial charge in [-0.2, -0.15) is 0 Å². The van der Waals surface area contributed by atoms with Crippen LogP contribution in [-0.4, -0.2) is 43.0 Å². The molecule has 4 nitrogen and oxygen atoms in total. The van der Waals surface area contributed by atoms with Crippen LogP contribution in [0, 0.1) is 5.92 Å². The molecule has 0 radical (unpaired) electrons. The maximum Gasteiger partial charge on any atom is 0.239 e. The van der Waals surface area contributed by atoms with Gasteiger partial charge < -0.3 is 16.0 Å². The van der Waals surface area contributed by atoms with Gasteiger partial charge >= 0.3 is 0 Å². The molecule has 1 atom stereocenters. The molecular weight excluding hydrogens is 202 g/mol. The summed E-state index contributed by atoms with van der Waals surface area (Å²) in [5.41, 5.74) is 6.11. The molecule has 1 aliphatic carbocycles. The Balaban J connectivity index is 1.86. The lowest BCUT2D eigenvalue weighted by Gasteiger charge is -2.33. The van der Waals surface area contributed by atoms with Gasteiger partial charge in [0.2, 0.25) is 5.91 Å². The van der Waals surface area contributed by atoms with Crippen LogP contribution in [0.2, 0.25) is 0 Å². The average Bonchev–Trinajstić information content (AvgIpc) is 2.39. The molecule has 0 aromatic heterocycles. The third-order valence-corrected chi connectivity index (χ3v) is 3.87. The van der Waals surface area contributed by atoms with E-state index in [0.717, 1.165) is 39.0 Å². The maximum atomic E-state index is 12.2. The van der Waals surface area contributed by atoms with Gasteiger partial charge in [-0.3, -0.25) is 4.79 Å². The van der Waals surface area contributed by atoms with Gasteiger partial charge in [-0.05, 0) is 18.8 Å². The Kier molecular flexibility index (Phi) is 4.18. The average molecular weight is 225 g/mol. The molecule has 0 spiro atoms. The molecule has 2 rings (SSSR count). The van der Waals surface area contributed by atoms with Crippen LogP contribution >= 0.6 is 0 Å². The van der Waals surface area contributed by atoms with Crippen molar-refractivity contribution in [2.24, 2.45) is 11.7 Å². The minimum Gasteiger partial charge on any atom is -0.339 e. The zero-order valence-electron chi connectivity index (χ0n) is 9.95. The van der Waals surface area contributed by atoms with E-state index in [2.05, 4.69) is 5.32 Å². The second-order valence-electron chi connectivity index (χ2n) is 5.00. The van der Waals surface area contributed by atoms with Gasteiger partial charge in [0, 0.05) is 26.2 Å². The molecule has 0 aromatic rings. The smallest absolute Gasteiger partial charge is 0.239 e. The highest BCUT2D eigenvalue weighted by atomic mass is 16.2. The molecule has 16 heavy (non-hydrogen) atoms. The Hall–Kier alpha value is -0.610. The number of nitrogens with one attached hydrogen (secondary N) is 1. The predicted molar refractivity (Wildman–Crippen MR) is 64.0 cm³/mol. The molecule has 1 saturated heterocycles.